The van der Waals surface area contributed by atoms with E-state index in [1.165, 1.54) is 12.1 Å². The summed E-state index contributed by atoms with van der Waals surface area (Å²) in [6, 6.07) is 6.10. The molecule has 0 aromatic heterocycles. The van der Waals surface area contributed by atoms with Gasteiger partial charge < -0.3 is 11.1 Å². The zero-order chi connectivity index (χ0) is 14.0. The number of carbonyl (C=O) groups excluding carboxylic acids is 1. The summed E-state index contributed by atoms with van der Waals surface area (Å²) >= 11 is 0. The van der Waals surface area contributed by atoms with Crippen LogP contribution in [0.3, 0.4) is 0 Å². The molecule has 0 heterocycles. The normalized spacial score (nSPS) is 17.6. The zero-order valence-corrected chi connectivity index (χ0v) is 10.8. The van der Waals surface area contributed by atoms with Gasteiger partial charge in [0.2, 0.25) is 5.91 Å². The van der Waals surface area contributed by atoms with Crippen LogP contribution in [0.15, 0.2) is 24.3 Å². The Morgan fingerprint density at radius 1 is 1.47 bits per heavy atom. The van der Waals surface area contributed by atoms with E-state index in [1.807, 2.05) is 0 Å². The van der Waals surface area contributed by atoms with E-state index in [2.05, 4.69) is 5.32 Å². The van der Waals surface area contributed by atoms with Gasteiger partial charge in [0.1, 0.15) is 0 Å². The highest BCUT2D eigenvalue weighted by Gasteiger charge is 2.43. The Labute approximate surface area is 111 Å². The Hall–Kier alpha value is -1.95. The largest absolute Gasteiger partial charge is 0.350 e. The highest BCUT2D eigenvalue weighted by atomic mass is 16.6. The van der Waals surface area contributed by atoms with Crippen molar-refractivity contribution in [2.24, 2.45) is 11.7 Å². The molecular weight excluding hydrogens is 246 g/mol. The Morgan fingerprint density at radius 3 is 2.53 bits per heavy atom. The molecule has 1 amide bonds. The van der Waals surface area contributed by atoms with Gasteiger partial charge in [-0.2, -0.15) is 0 Å². The Kier molecular flexibility index (Phi) is 3.53. The standard InChI is InChI=1S/C13H17N3O3/c1-13(14,10-4-5-10)12(17)15-8-9-2-6-11(7-3-9)16(18)19/h2-3,6-7,10H,4-5,8,14H2,1H3,(H,15,17). The maximum absolute atomic E-state index is 12.0. The van der Waals surface area contributed by atoms with Gasteiger partial charge in [0.25, 0.3) is 5.69 Å². The first-order valence-electron chi connectivity index (χ1n) is 6.22. The van der Waals surface area contributed by atoms with Crippen molar-refractivity contribution in [2.75, 3.05) is 0 Å². The minimum absolute atomic E-state index is 0.0386. The van der Waals surface area contributed by atoms with Gasteiger partial charge in [-0.1, -0.05) is 12.1 Å². The fraction of sp³-hybridized carbons (Fsp3) is 0.462. The number of nitrogens with zero attached hydrogens (tertiary/aromatic N) is 1. The maximum Gasteiger partial charge on any atom is 0.269 e. The molecule has 1 aromatic carbocycles. The second kappa shape index (κ2) is 4.97. The van der Waals surface area contributed by atoms with Crippen LogP contribution in [-0.2, 0) is 11.3 Å². The van der Waals surface area contributed by atoms with Crippen LogP contribution in [0.2, 0.25) is 0 Å². The van der Waals surface area contributed by atoms with Crippen LogP contribution in [0.4, 0.5) is 5.69 Å². The monoisotopic (exact) mass is 263 g/mol. The number of non-ortho nitro benzene ring substituents is 1. The van der Waals surface area contributed by atoms with Crippen molar-refractivity contribution in [3.63, 3.8) is 0 Å². The lowest BCUT2D eigenvalue weighted by atomic mass is 9.96. The van der Waals surface area contributed by atoms with Crippen molar-refractivity contribution >= 4 is 11.6 Å². The molecule has 0 saturated heterocycles. The summed E-state index contributed by atoms with van der Waals surface area (Å²) in [7, 11) is 0. The van der Waals surface area contributed by atoms with Crippen LogP contribution in [-0.4, -0.2) is 16.4 Å². The summed E-state index contributed by atoms with van der Waals surface area (Å²) in [5.74, 6) is 0.0951. The van der Waals surface area contributed by atoms with Crippen LogP contribution in [0.25, 0.3) is 0 Å². The van der Waals surface area contributed by atoms with Crippen molar-refractivity contribution in [2.45, 2.75) is 31.8 Å². The van der Waals surface area contributed by atoms with Gasteiger partial charge in [0.15, 0.2) is 0 Å². The number of benzene rings is 1. The molecule has 0 bridgehead atoms. The molecule has 6 heteroatoms. The number of nitro groups is 1. The molecule has 1 aliphatic carbocycles. The van der Waals surface area contributed by atoms with Gasteiger partial charge in [-0.3, -0.25) is 14.9 Å². The molecule has 2 rings (SSSR count). The van der Waals surface area contributed by atoms with Gasteiger partial charge in [-0.15, -0.1) is 0 Å². The third-order valence-corrected chi connectivity index (χ3v) is 3.51. The Balaban J connectivity index is 1.91. The number of rotatable bonds is 5. The first-order chi connectivity index (χ1) is 8.91. The minimum atomic E-state index is -0.819. The van der Waals surface area contributed by atoms with E-state index in [9.17, 15) is 14.9 Å². The van der Waals surface area contributed by atoms with E-state index in [0.717, 1.165) is 18.4 Å². The zero-order valence-electron chi connectivity index (χ0n) is 10.8. The second-order valence-corrected chi connectivity index (χ2v) is 5.16. The number of nitrogens with one attached hydrogen (secondary N) is 1. The predicted molar refractivity (Wildman–Crippen MR) is 70.3 cm³/mol. The lowest BCUT2D eigenvalue weighted by Crippen LogP contribution is -2.53. The third-order valence-electron chi connectivity index (χ3n) is 3.51. The fourth-order valence-electron chi connectivity index (χ4n) is 1.98. The summed E-state index contributed by atoms with van der Waals surface area (Å²) in [4.78, 5) is 22.0. The van der Waals surface area contributed by atoms with Gasteiger partial charge in [-0.25, -0.2) is 0 Å². The maximum atomic E-state index is 12.0. The molecule has 1 aromatic rings. The van der Waals surface area contributed by atoms with Crippen LogP contribution in [0.1, 0.15) is 25.3 Å². The van der Waals surface area contributed by atoms with E-state index in [4.69, 9.17) is 5.73 Å². The number of nitro benzene ring substituents is 1. The number of carbonyl (C=O) groups is 1. The molecule has 0 aliphatic heterocycles. The van der Waals surface area contributed by atoms with Crippen molar-refractivity contribution in [1.82, 2.24) is 5.32 Å². The van der Waals surface area contributed by atoms with Crippen molar-refractivity contribution in [3.8, 4) is 0 Å². The molecule has 1 aliphatic rings. The van der Waals surface area contributed by atoms with Crippen molar-refractivity contribution < 1.29 is 9.72 Å². The number of amides is 1. The number of hydrogen-bond donors (Lipinski definition) is 2. The van der Waals surface area contributed by atoms with Gasteiger partial charge in [0, 0.05) is 18.7 Å². The molecule has 1 fully saturated rings. The summed E-state index contributed by atoms with van der Waals surface area (Å²) in [6.07, 6.45) is 2.00. The molecule has 3 N–H and O–H groups in total. The molecule has 1 atom stereocenters. The molecular formula is C13H17N3O3. The molecule has 19 heavy (non-hydrogen) atoms. The van der Waals surface area contributed by atoms with Gasteiger partial charge in [0.05, 0.1) is 10.5 Å². The fourth-order valence-corrected chi connectivity index (χ4v) is 1.98. The van der Waals surface area contributed by atoms with Crippen molar-refractivity contribution in [1.29, 1.82) is 0 Å². The molecule has 0 spiro atoms. The third kappa shape index (κ3) is 3.08. The van der Waals surface area contributed by atoms with E-state index < -0.39 is 10.5 Å². The van der Waals surface area contributed by atoms with E-state index in [0.29, 0.717) is 6.54 Å². The summed E-state index contributed by atoms with van der Waals surface area (Å²) < 4.78 is 0. The van der Waals surface area contributed by atoms with Crippen LogP contribution in [0.5, 0.6) is 0 Å². The average Bonchev–Trinajstić information content (AvgIpc) is 3.20. The highest BCUT2D eigenvalue weighted by molar-refractivity contribution is 5.86. The number of nitrogens with two attached hydrogens (primary N) is 1. The smallest absolute Gasteiger partial charge is 0.269 e. The second-order valence-electron chi connectivity index (χ2n) is 5.16. The quantitative estimate of drug-likeness (QED) is 0.618. The van der Waals surface area contributed by atoms with Gasteiger partial charge in [-0.05, 0) is 31.2 Å². The van der Waals surface area contributed by atoms with E-state index in [-0.39, 0.29) is 17.5 Å². The van der Waals surface area contributed by atoms with Crippen LogP contribution < -0.4 is 11.1 Å². The summed E-state index contributed by atoms with van der Waals surface area (Å²) in [5.41, 5.74) is 6.02. The van der Waals surface area contributed by atoms with Crippen LogP contribution >= 0.6 is 0 Å². The Bertz CT molecular complexity index is 492. The first kappa shape index (κ1) is 13.5. The van der Waals surface area contributed by atoms with Crippen molar-refractivity contribution in [3.05, 3.63) is 39.9 Å². The molecule has 102 valence electrons. The van der Waals surface area contributed by atoms with Crippen LogP contribution in [0, 0.1) is 16.0 Å². The molecule has 6 nitrogen and oxygen atoms in total. The lowest BCUT2D eigenvalue weighted by molar-refractivity contribution is -0.384. The topological polar surface area (TPSA) is 98.3 Å². The summed E-state index contributed by atoms with van der Waals surface area (Å²) in [6.45, 7) is 2.08. The molecule has 0 radical (unpaired) electrons. The molecule has 1 saturated carbocycles. The van der Waals surface area contributed by atoms with E-state index >= 15 is 0 Å². The highest BCUT2D eigenvalue weighted by Crippen LogP contribution is 2.38. The van der Waals surface area contributed by atoms with E-state index in [1.54, 1.807) is 19.1 Å². The Morgan fingerprint density at radius 2 is 2.05 bits per heavy atom. The van der Waals surface area contributed by atoms with Gasteiger partial charge >= 0.3 is 0 Å². The minimum Gasteiger partial charge on any atom is -0.350 e. The summed E-state index contributed by atoms with van der Waals surface area (Å²) in [5, 5.41) is 13.3. The lowest BCUT2D eigenvalue weighted by Gasteiger charge is -2.23. The average molecular weight is 263 g/mol. The SMILES string of the molecule is CC(N)(C(=O)NCc1ccc([N+](=O)[O-])cc1)C1CC1. The predicted octanol–water partition coefficient (Wildman–Crippen LogP) is 1.34. The molecule has 1 unspecified atom stereocenters. The first-order valence-corrected chi connectivity index (χ1v) is 6.22. The number of hydrogen-bond acceptors (Lipinski definition) is 4.